The lowest BCUT2D eigenvalue weighted by atomic mass is 9.80. The number of hydrogen-bond donors (Lipinski definition) is 5. The number of hydrogen-bond acceptors (Lipinski definition) is 13. The Bertz CT molecular complexity index is 2130. The van der Waals surface area contributed by atoms with Crippen LogP contribution in [0.1, 0.15) is 110 Å². The Morgan fingerprint density at radius 3 is 2.26 bits per heavy atom. The van der Waals surface area contributed by atoms with Gasteiger partial charge in [-0.1, -0.05) is 52.8 Å². The number of rotatable bonds is 3. The topological polar surface area (TPSA) is 200 Å². The number of carbonyl (C=O) groups is 3. The summed E-state index contributed by atoms with van der Waals surface area (Å²) >= 11 is 0. The minimum atomic E-state index is -0.979. The highest BCUT2D eigenvalue weighted by Gasteiger charge is 2.42. The van der Waals surface area contributed by atoms with Gasteiger partial charge in [-0.2, -0.15) is 0 Å². The molecule has 2 aromatic rings. The summed E-state index contributed by atoms with van der Waals surface area (Å²) in [5.41, 5.74) is -0.528. The molecule has 3 heterocycles. The summed E-state index contributed by atoms with van der Waals surface area (Å²) in [4.78, 5) is 53.4. The van der Waals surface area contributed by atoms with Crippen molar-refractivity contribution in [2.75, 3.05) is 33.2 Å². The standard InChI is InChI=1S/C44H62N4O9.C2H2.CH4O/c1-12-30-21-44(18-16-26(6)48(30)10)46-34-31-32-38(51)28(8)41(55-11)33(31)43(54)56-19-17-23(3)40(57-29(9)49)27(7)37(50)25(5)20-22(2)14-13-15-24(4)42(53)45-36(39(32)52)35(34)47-44;2*1-2/h13-15,22-23,25-27,30,37,40,50-52H,12,16-21H2,1-11H3,(H,45,53);1-2H;2H,1H3/b14-13+,24-15-;;/t22-,23+,25+,26+,27+,30-,37+,40+,44+;;/m0../s1. The molecule has 1 amide bonds. The van der Waals surface area contributed by atoms with Crippen molar-refractivity contribution in [2.45, 2.75) is 131 Å². The lowest BCUT2D eigenvalue weighted by Crippen LogP contribution is -2.40. The lowest BCUT2D eigenvalue weighted by Gasteiger charge is -2.34. The fourth-order valence-corrected chi connectivity index (χ4v) is 8.97. The Hall–Kier alpha value is -4.97. The molecule has 0 aliphatic carbocycles. The Balaban J connectivity index is 0.00000241. The van der Waals surface area contributed by atoms with Crippen LogP contribution in [-0.2, 0) is 19.1 Å². The smallest absolute Gasteiger partial charge is 0.342 e. The molecule has 336 valence electrons. The number of aliphatic hydroxyl groups is 2. The molecule has 1 spiro atoms. The highest BCUT2D eigenvalue weighted by Crippen LogP contribution is 2.46. The van der Waals surface area contributed by atoms with E-state index in [1.54, 1.807) is 26.0 Å². The van der Waals surface area contributed by atoms with Crippen molar-refractivity contribution in [3.05, 3.63) is 45.6 Å². The molecule has 9 atom stereocenters. The van der Waals surface area contributed by atoms with Gasteiger partial charge in [0.2, 0.25) is 0 Å². The van der Waals surface area contributed by atoms with Crippen LogP contribution in [0.2, 0.25) is 0 Å². The molecule has 1 fully saturated rings. The van der Waals surface area contributed by atoms with E-state index in [0.29, 0.717) is 31.3 Å². The largest absolute Gasteiger partial charge is 0.507 e. The van der Waals surface area contributed by atoms with Gasteiger partial charge in [0.05, 0.1) is 30.6 Å². The van der Waals surface area contributed by atoms with Crippen molar-refractivity contribution < 1.29 is 49.0 Å². The molecule has 61 heavy (non-hydrogen) atoms. The van der Waals surface area contributed by atoms with Crippen molar-refractivity contribution >= 4 is 34.3 Å². The lowest BCUT2D eigenvalue weighted by molar-refractivity contribution is -0.156. The van der Waals surface area contributed by atoms with Crippen LogP contribution < -0.4 is 20.8 Å². The summed E-state index contributed by atoms with van der Waals surface area (Å²) < 4.78 is 17.5. The van der Waals surface area contributed by atoms with Gasteiger partial charge in [-0.25, -0.2) is 4.79 Å². The average molecular weight is 849 g/mol. The predicted molar refractivity (Wildman–Crippen MR) is 236 cm³/mol. The zero-order chi connectivity index (χ0) is 46.1. The van der Waals surface area contributed by atoms with Gasteiger partial charge in [-0.05, 0) is 77.7 Å². The number of aromatic hydroxyl groups is 2. The summed E-state index contributed by atoms with van der Waals surface area (Å²) in [6.45, 7) is 16.5. The van der Waals surface area contributed by atoms with E-state index in [1.165, 1.54) is 14.0 Å². The number of aliphatic hydroxyl groups excluding tert-OH is 2. The van der Waals surface area contributed by atoms with Crippen LogP contribution in [0.5, 0.6) is 17.2 Å². The van der Waals surface area contributed by atoms with Crippen LogP contribution in [0.3, 0.4) is 0 Å². The van der Waals surface area contributed by atoms with Gasteiger partial charge < -0.3 is 44.9 Å². The Labute approximate surface area is 360 Å². The number of phenolic OH excluding ortho intramolecular Hbond substituents is 2. The fraction of sp³-hybridized carbons (Fsp3) is 0.596. The van der Waals surface area contributed by atoms with E-state index in [9.17, 15) is 29.7 Å². The normalized spacial score (nSPS) is 30.1. The van der Waals surface area contributed by atoms with Gasteiger partial charge >= 0.3 is 11.9 Å². The molecule has 2 bridgehead atoms. The summed E-state index contributed by atoms with van der Waals surface area (Å²) in [6.07, 6.45) is 15.6. The van der Waals surface area contributed by atoms with Crippen LogP contribution >= 0.6 is 0 Å². The third-order valence-electron chi connectivity index (χ3n) is 12.6. The van der Waals surface area contributed by atoms with Crippen molar-refractivity contribution in [1.29, 1.82) is 0 Å². The quantitative estimate of drug-likeness (QED) is 0.140. The molecule has 1 saturated heterocycles. The van der Waals surface area contributed by atoms with Gasteiger partial charge in [-0.15, -0.1) is 12.8 Å². The van der Waals surface area contributed by atoms with E-state index in [0.717, 1.165) is 20.0 Å². The number of terminal acetylenes is 1. The van der Waals surface area contributed by atoms with E-state index >= 15 is 0 Å². The van der Waals surface area contributed by atoms with Gasteiger partial charge in [0.15, 0.2) is 11.4 Å². The monoisotopic (exact) mass is 848 g/mol. The minimum Gasteiger partial charge on any atom is -0.507 e. The van der Waals surface area contributed by atoms with Crippen LogP contribution in [0.25, 0.3) is 10.8 Å². The number of benzene rings is 2. The second-order valence-corrected chi connectivity index (χ2v) is 16.8. The first-order valence-corrected chi connectivity index (χ1v) is 21.1. The molecule has 3 aliphatic heterocycles. The van der Waals surface area contributed by atoms with Crippen molar-refractivity contribution in [3.8, 4) is 30.1 Å². The van der Waals surface area contributed by atoms with Gasteiger partial charge in [0.1, 0.15) is 34.2 Å². The number of phenols is 2. The molecule has 0 saturated carbocycles. The number of nitrogens with one attached hydrogen (secondary N) is 1. The summed E-state index contributed by atoms with van der Waals surface area (Å²) in [6, 6.07) is 0.368. The number of nitrogens with zero attached hydrogens (tertiary/aromatic N) is 3. The molecule has 3 aliphatic rings. The highest BCUT2D eigenvalue weighted by atomic mass is 16.5. The predicted octanol–water partition coefficient (Wildman–Crippen LogP) is 5.89. The minimum absolute atomic E-state index is 0.0180. The molecule has 2 aromatic carbocycles. The van der Waals surface area contributed by atoms with Crippen molar-refractivity contribution in [3.63, 3.8) is 0 Å². The van der Waals surface area contributed by atoms with E-state index < -0.39 is 47.4 Å². The number of allylic oxidation sites excluding steroid dienone is 3. The van der Waals surface area contributed by atoms with Crippen LogP contribution in [0.4, 0.5) is 5.69 Å². The Kier molecular flexibility index (Phi) is 17.9. The van der Waals surface area contributed by atoms with Gasteiger partial charge in [0, 0.05) is 55.0 Å². The SMILES string of the molecule is C#C.CC[C@H]1C[C@@]2(CC[C@@H](C)N1C)N=c1c3c(O)c4c(O)c(C)c(OC)c(c4c1=N2)C(=O)OCC[C@@H](C)[C@@H](OC(C)=O)[C@H](C)[C@H](O)[C@H](C)C[C@@H](C)/C=C/C=C(/C)C(=O)N3.CO. The maximum absolute atomic E-state index is 14.4. The molecule has 14 heteroatoms. The molecule has 0 aromatic heterocycles. The molecule has 5 rings (SSSR count). The molecule has 14 nitrogen and oxygen atoms in total. The van der Waals surface area contributed by atoms with Crippen molar-refractivity contribution in [1.82, 2.24) is 4.90 Å². The highest BCUT2D eigenvalue weighted by molar-refractivity contribution is 6.14. The summed E-state index contributed by atoms with van der Waals surface area (Å²) in [5.74, 6) is -3.39. The molecular weight excluding hydrogens is 781 g/mol. The Morgan fingerprint density at radius 1 is 1.02 bits per heavy atom. The number of esters is 2. The van der Waals surface area contributed by atoms with Crippen LogP contribution in [-0.4, -0.2) is 101 Å². The first-order valence-electron chi connectivity index (χ1n) is 21.1. The zero-order valence-electron chi connectivity index (χ0n) is 38.0. The zero-order valence-corrected chi connectivity index (χ0v) is 38.0. The maximum atomic E-state index is 14.4. The number of carbonyl (C=O) groups excluding carboxylic acids is 3. The number of ether oxygens (including phenoxy) is 3. The Morgan fingerprint density at radius 2 is 1.66 bits per heavy atom. The number of methoxy groups -OCH3 is 1. The first kappa shape index (κ1) is 50.4. The van der Waals surface area contributed by atoms with Crippen LogP contribution in [0.15, 0.2) is 33.8 Å². The van der Waals surface area contributed by atoms with Gasteiger partial charge in [0.25, 0.3) is 5.91 Å². The van der Waals surface area contributed by atoms with E-state index in [-0.39, 0.29) is 86.2 Å². The second kappa shape index (κ2) is 21.7. The third-order valence-corrected chi connectivity index (χ3v) is 12.6. The van der Waals surface area contributed by atoms with Crippen molar-refractivity contribution in [2.24, 2.45) is 33.7 Å². The van der Waals surface area contributed by atoms with Crippen LogP contribution in [0, 0.1) is 43.4 Å². The molecule has 0 radical (unpaired) electrons. The number of cyclic esters (lactones) is 1. The van der Waals surface area contributed by atoms with E-state index in [2.05, 4.69) is 44.0 Å². The summed E-state index contributed by atoms with van der Waals surface area (Å²) in [5, 5.41) is 45.7. The average Bonchev–Trinajstić information content (AvgIpc) is 3.57. The van der Waals surface area contributed by atoms with E-state index in [4.69, 9.17) is 29.3 Å². The molecule has 5 N–H and O–H groups in total. The van der Waals surface area contributed by atoms with E-state index in [1.807, 2.05) is 33.8 Å². The molecule has 0 unspecified atom stereocenters. The number of anilines is 1. The van der Waals surface area contributed by atoms with Gasteiger partial charge in [-0.3, -0.25) is 19.6 Å². The number of likely N-dealkylation sites (tertiary alicyclic amines) is 1. The number of amides is 1. The fourth-order valence-electron chi connectivity index (χ4n) is 8.97. The molecular formula is C47H68N4O10. The second-order valence-electron chi connectivity index (χ2n) is 16.8. The first-order chi connectivity index (χ1) is 28.9. The summed E-state index contributed by atoms with van der Waals surface area (Å²) in [7, 11) is 4.48. The maximum Gasteiger partial charge on any atom is 0.342 e. The third kappa shape index (κ3) is 10.7.